The van der Waals surface area contributed by atoms with Crippen LogP contribution in [0.15, 0.2) is 48.5 Å². The van der Waals surface area contributed by atoms with Gasteiger partial charge in [-0.15, -0.1) is 0 Å². The number of amides is 3. The maximum absolute atomic E-state index is 12.4. The number of rotatable bonds is 8. The van der Waals surface area contributed by atoms with E-state index in [2.05, 4.69) is 21.3 Å². The van der Waals surface area contributed by atoms with Crippen molar-refractivity contribution in [1.82, 2.24) is 10.6 Å². The van der Waals surface area contributed by atoms with Crippen LogP contribution in [0, 0.1) is 10.1 Å². The summed E-state index contributed by atoms with van der Waals surface area (Å²) in [7, 11) is 0. The average Bonchev–Trinajstić information content (AvgIpc) is 2.65. The normalized spacial score (nSPS) is 10.2. The van der Waals surface area contributed by atoms with E-state index in [1.165, 1.54) is 12.1 Å². The number of nitro benzene ring substituents is 1. The Morgan fingerprint density at radius 3 is 2.36 bits per heavy atom. The number of hydrogen-bond acceptors (Lipinski definition) is 5. The highest BCUT2D eigenvalue weighted by Gasteiger charge is 2.13. The fourth-order valence-corrected chi connectivity index (χ4v) is 2.39. The van der Waals surface area contributed by atoms with Gasteiger partial charge in [-0.1, -0.05) is 12.1 Å². The minimum Gasteiger partial charge on any atom is -0.383 e. The predicted molar refractivity (Wildman–Crippen MR) is 108 cm³/mol. The topological polar surface area (TPSA) is 125 Å². The van der Waals surface area contributed by atoms with E-state index in [4.69, 9.17) is 0 Å². The van der Waals surface area contributed by atoms with Crippen molar-refractivity contribution in [3.8, 4) is 0 Å². The molecule has 0 atom stereocenters. The van der Waals surface area contributed by atoms with Gasteiger partial charge in [0.15, 0.2) is 0 Å². The molecule has 0 heterocycles. The molecule has 0 fully saturated rings. The third-order valence-electron chi connectivity index (χ3n) is 3.66. The van der Waals surface area contributed by atoms with Gasteiger partial charge in [0, 0.05) is 37.0 Å². The molecule has 2 aromatic carbocycles. The van der Waals surface area contributed by atoms with Crippen LogP contribution in [-0.2, 0) is 0 Å². The predicted octanol–water partition coefficient (Wildman–Crippen LogP) is 2.97. The van der Waals surface area contributed by atoms with Gasteiger partial charge in [-0.25, -0.2) is 4.79 Å². The van der Waals surface area contributed by atoms with Crippen LogP contribution in [0.5, 0.6) is 0 Å². The summed E-state index contributed by atoms with van der Waals surface area (Å²) < 4.78 is 0. The average molecular weight is 385 g/mol. The molecule has 0 spiro atoms. The molecule has 4 N–H and O–H groups in total. The highest BCUT2D eigenvalue weighted by atomic mass is 16.6. The highest BCUT2D eigenvalue weighted by Crippen LogP contribution is 2.16. The van der Waals surface area contributed by atoms with E-state index >= 15 is 0 Å². The first kappa shape index (κ1) is 20.7. The molecule has 9 nitrogen and oxygen atoms in total. The summed E-state index contributed by atoms with van der Waals surface area (Å²) >= 11 is 0. The second-order valence-electron chi connectivity index (χ2n) is 6.29. The third kappa shape index (κ3) is 6.27. The number of non-ortho nitro benzene ring substituents is 1. The van der Waals surface area contributed by atoms with Gasteiger partial charge in [-0.05, 0) is 38.1 Å². The fourth-order valence-electron chi connectivity index (χ4n) is 2.39. The molecule has 0 aliphatic rings. The number of nitro groups is 1. The van der Waals surface area contributed by atoms with Crippen molar-refractivity contribution in [2.75, 3.05) is 23.7 Å². The van der Waals surface area contributed by atoms with E-state index in [0.717, 1.165) is 0 Å². The standard InChI is InChI=1S/C19H23N5O4/c1-13(2)22-19(26)23-17-6-4-3-5-16(17)18(25)21-12-11-20-14-7-9-15(10-8-14)24(27)28/h3-10,13,20H,11-12H2,1-2H3,(H,21,25)(H2,22,23,26). The molecular formula is C19H23N5O4. The summed E-state index contributed by atoms with van der Waals surface area (Å²) in [6.07, 6.45) is 0. The van der Waals surface area contributed by atoms with Crippen molar-refractivity contribution in [1.29, 1.82) is 0 Å². The zero-order valence-electron chi connectivity index (χ0n) is 15.7. The Morgan fingerprint density at radius 2 is 1.71 bits per heavy atom. The number of hydrogen-bond donors (Lipinski definition) is 4. The molecule has 2 aromatic rings. The first-order valence-corrected chi connectivity index (χ1v) is 8.80. The van der Waals surface area contributed by atoms with Crippen molar-refractivity contribution < 1.29 is 14.5 Å². The second kappa shape index (κ2) is 9.91. The Kier molecular flexibility index (Phi) is 7.32. The number of carbonyl (C=O) groups excluding carboxylic acids is 2. The van der Waals surface area contributed by atoms with E-state index in [1.807, 2.05) is 13.8 Å². The SMILES string of the molecule is CC(C)NC(=O)Nc1ccccc1C(=O)NCCNc1ccc([N+](=O)[O-])cc1. The number of carbonyl (C=O) groups is 2. The molecule has 0 saturated carbocycles. The lowest BCUT2D eigenvalue weighted by atomic mass is 10.1. The number of anilines is 2. The van der Waals surface area contributed by atoms with Gasteiger partial charge in [0.05, 0.1) is 16.2 Å². The smallest absolute Gasteiger partial charge is 0.319 e. The van der Waals surface area contributed by atoms with Crippen LogP contribution in [0.25, 0.3) is 0 Å². The van der Waals surface area contributed by atoms with Crippen LogP contribution in [0.3, 0.4) is 0 Å². The van der Waals surface area contributed by atoms with Crippen molar-refractivity contribution in [3.63, 3.8) is 0 Å². The molecule has 2 rings (SSSR count). The van der Waals surface area contributed by atoms with Crippen LogP contribution in [0.1, 0.15) is 24.2 Å². The zero-order valence-corrected chi connectivity index (χ0v) is 15.7. The monoisotopic (exact) mass is 385 g/mol. The summed E-state index contributed by atoms with van der Waals surface area (Å²) in [4.78, 5) is 34.5. The minimum atomic E-state index is -0.461. The maximum Gasteiger partial charge on any atom is 0.319 e. The summed E-state index contributed by atoms with van der Waals surface area (Å²) in [5.41, 5.74) is 1.51. The summed E-state index contributed by atoms with van der Waals surface area (Å²) in [6, 6.07) is 12.4. The van der Waals surface area contributed by atoms with Gasteiger partial charge in [0.2, 0.25) is 0 Å². The third-order valence-corrected chi connectivity index (χ3v) is 3.66. The molecular weight excluding hydrogens is 362 g/mol. The van der Waals surface area contributed by atoms with Crippen molar-refractivity contribution in [3.05, 3.63) is 64.2 Å². The van der Waals surface area contributed by atoms with Crippen LogP contribution < -0.4 is 21.3 Å². The Labute approximate surface area is 162 Å². The Bertz CT molecular complexity index is 836. The second-order valence-corrected chi connectivity index (χ2v) is 6.29. The molecule has 9 heteroatoms. The lowest BCUT2D eigenvalue weighted by Crippen LogP contribution is -2.35. The van der Waals surface area contributed by atoms with Gasteiger partial charge in [-0.3, -0.25) is 14.9 Å². The number of nitrogens with one attached hydrogen (secondary N) is 4. The lowest BCUT2D eigenvalue weighted by Gasteiger charge is -2.14. The molecule has 0 aliphatic heterocycles. The highest BCUT2D eigenvalue weighted by molar-refractivity contribution is 6.03. The van der Waals surface area contributed by atoms with E-state index < -0.39 is 4.92 Å². The molecule has 0 unspecified atom stereocenters. The Balaban J connectivity index is 1.86. The van der Waals surface area contributed by atoms with Gasteiger partial charge in [0.1, 0.15) is 0 Å². The fraction of sp³-hybridized carbons (Fsp3) is 0.263. The largest absolute Gasteiger partial charge is 0.383 e. The molecule has 3 amide bonds. The van der Waals surface area contributed by atoms with Crippen LogP contribution in [0.2, 0.25) is 0 Å². The number of para-hydroxylation sites is 1. The Hall–Kier alpha value is -3.62. The summed E-state index contributed by atoms with van der Waals surface area (Å²) in [6.45, 7) is 4.46. The van der Waals surface area contributed by atoms with Gasteiger partial charge in [-0.2, -0.15) is 0 Å². The van der Waals surface area contributed by atoms with Gasteiger partial charge < -0.3 is 21.3 Å². The van der Waals surface area contributed by atoms with Crippen LogP contribution >= 0.6 is 0 Å². The molecule has 0 radical (unpaired) electrons. The minimum absolute atomic E-state index is 0.0180. The van der Waals surface area contributed by atoms with E-state index in [1.54, 1.807) is 36.4 Å². The van der Waals surface area contributed by atoms with Crippen LogP contribution in [-0.4, -0.2) is 36.0 Å². The molecule has 148 valence electrons. The zero-order chi connectivity index (χ0) is 20.5. The first-order valence-electron chi connectivity index (χ1n) is 8.80. The van der Waals surface area contributed by atoms with E-state index in [-0.39, 0.29) is 23.7 Å². The maximum atomic E-state index is 12.4. The van der Waals surface area contributed by atoms with Crippen molar-refractivity contribution >= 4 is 29.0 Å². The van der Waals surface area contributed by atoms with E-state index in [0.29, 0.717) is 30.0 Å². The van der Waals surface area contributed by atoms with Gasteiger partial charge in [0.25, 0.3) is 11.6 Å². The molecule has 0 aromatic heterocycles. The van der Waals surface area contributed by atoms with Crippen LogP contribution in [0.4, 0.5) is 21.9 Å². The number of benzene rings is 2. The van der Waals surface area contributed by atoms with Gasteiger partial charge >= 0.3 is 6.03 Å². The summed E-state index contributed by atoms with van der Waals surface area (Å²) in [5.74, 6) is -0.314. The first-order chi connectivity index (χ1) is 13.4. The molecule has 28 heavy (non-hydrogen) atoms. The molecule has 0 saturated heterocycles. The summed E-state index contributed by atoms with van der Waals surface area (Å²) in [5, 5.41) is 21.9. The Morgan fingerprint density at radius 1 is 1.04 bits per heavy atom. The van der Waals surface area contributed by atoms with Crippen molar-refractivity contribution in [2.45, 2.75) is 19.9 Å². The molecule has 0 aliphatic carbocycles. The van der Waals surface area contributed by atoms with E-state index in [9.17, 15) is 19.7 Å². The quantitative estimate of drug-likeness (QED) is 0.316. The number of urea groups is 1. The number of nitrogens with zero attached hydrogens (tertiary/aromatic N) is 1. The lowest BCUT2D eigenvalue weighted by molar-refractivity contribution is -0.384. The van der Waals surface area contributed by atoms with Crippen molar-refractivity contribution in [2.24, 2.45) is 0 Å². The molecule has 0 bridgehead atoms.